The van der Waals surface area contributed by atoms with Gasteiger partial charge in [0.25, 0.3) is 5.91 Å². The molecular formula is C8H12N4OS. The van der Waals surface area contributed by atoms with Crippen molar-refractivity contribution in [3.05, 3.63) is 11.1 Å². The average Bonchev–Trinajstić information content (AvgIpc) is 2.86. The van der Waals surface area contributed by atoms with Crippen molar-refractivity contribution in [2.24, 2.45) is 5.84 Å². The summed E-state index contributed by atoms with van der Waals surface area (Å²) in [6.07, 6.45) is 2.41. The second kappa shape index (κ2) is 3.93. The molecule has 6 heteroatoms. The lowest BCUT2D eigenvalue weighted by Gasteiger charge is -2.11. The lowest BCUT2D eigenvalue weighted by molar-refractivity contribution is 0.0949. The van der Waals surface area contributed by atoms with Crippen LogP contribution < -0.4 is 16.2 Å². The zero-order valence-corrected chi connectivity index (χ0v) is 8.51. The third-order valence-electron chi connectivity index (χ3n) is 2.23. The molecule has 1 fully saturated rings. The van der Waals surface area contributed by atoms with Crippen molar-refractivity contribution >= 4 is 22.4 Å². The van der Waals surface area contributed by atoms with Crippen LogP contribution in [0.1, 0.15) is 23.3 Å². The van der Waals surface area contributed by atoms with Crippen molar-refractivity contribution in [3.63, 3.8) is 0 Å². The number of hydrazine groups is 1. The summed E-state index contributed by atoms with van der Waals surface area (Å²) in [5.41, 5.74) is 2.47. The zero-order chi connectivity index (χ0) is 9.97. The van der Waals surface area contributed by atoms with Gasteiger partial charge in [0.05, 0.1) is 0 Å². The fourth-order valence-electron chi connectivity index (χ4n) is 1.50. The molecule has 0 radical (unpaired) electrons. The molecule has 0 aliphatic carbocycles. The Kier molecular flexibility index (Phi) is 2.64. The van der Waals surface area contributed by atoms with Gasteiger partial charge in [0, 0.05) is 18.5 Å². The first-order valence-electron chi connectivity index (χ1n) is 4.52. The molecule has 1 aliphatic rings. The van der Waals surface area contributed by atoms with E-state index in [9.17, 15) is 4.79 Å². The molecule has 1 saturated heterocycles. The van der Waals surface area contributed by atoms with E-state index in [1.165, 1.54) is 24.2 Å². The van der Waals surface area contributed by atoms with Gasteiger partial charge >= 0.3 is 0 Å². The number of nitrogens with zero attached hydrogens (tertiary/aromatic N) is 2. The molecule has 0 unspecified atom stereocenters. The first-order chi connectivity index (χ1) is 6.81. The van der Waals surface area contributed by atoms with Crippen molar-refractivity contribution in [2.75, 3.05) is 18.0 Å². The molecule has 1 amide bonds. The number of nitrogens with two attached hydrogens (primary N) is 1. The van der Waals surface area contributed by atoms with E-state index in [1.54, 1.807) is 5.38 Å². The lowest BCUT2D eigenvalue weighted by Crippen LogP contribution is -2.30. The number of thiazole rings is 1. The van der Waals surface area contributed by atoms with Gasteiger partial charge in [0.2, 0.25) is 0 Å². The van der Waals surface area contributed by atoms with Gasteiger partial charge in [-0.1, -0.05) is 0 Å². The van der Waals surface area contributed by atoms with Crippen molar-refractivity contribution < 1.29 is 4.79 Å². The van der Waals surface area contributed by atoms with Crippen LogP contribution in [0.25, 0.3) is 0 Å². The number of anilines is 1. The second-order valence-electron chi connectivity index (χ2n) is 3.18. The molecule has 1 aromatic rings. The molecule has 2 rings (SSSR count). The van der Waals surface area contributed by atoms with Gasteiger partial charge in [-0.15, -0.1) is 11.3 Å². The summed E-state index contributed by atoms with van der Waals surface area (Å²) in [5.74, 6) is 4.69. The monoisotopic (exact) mass is 212 g/mol. The Balaban J connectivity index is 2.12. The molecule has 3 N–H and O–H groups in total. The Morgan fingerprint density at radius 1 is 1.57 bits per heavy atom. The van der Waals surface area contributed by atoms with Crippen molar-refractivity contribution in [1.29, 1.82) is 0 Å². The van der Waals surface area contributed by atoms with Crippen LogP contribution in [0, 0.1) is 0 Å². The van der Waals surface area contributed by atoms with Gasteiger partial charge in [-0.3, -0.25) is 10.2 Å². The SMILES string of the molecule is NNC(=O)c1csc(N2CCCC2)n1. The van der Waals surface area contributed by atoms with E-state index < -0.39 is 0 Å². The maximum absolute atomic E-state index is 11.1. The Morgan fingerprint density at radius 3 is 2.93 bits per heavy atom. The van der Waals surface area contributed by atoms with Crippen molar-refractivity contribution in [3.8, 4) is 0 Å². The summed E-state index contributed by atoms with van der Waals surface area (Å²) >= 11 is 1.49. The highest BCUT2D eigenvalue weighted by molar-refractivity contribution is 7.13. The van der Waals surface area contributed by atoms with Gasteiger partial charge in [-0.25, -0.2) is 10.8 Å². The van der Waals surface area contributed by atoms with Crippen LogP contribution >= 0.6 is 11.3 Å². The van der Waals surface area contributed by atoms with Crippen LogP contribution in [-0.4, -0.2) is 24.0 Å². The van der Waals surface area contributed by atoms with Crippen LogP contribution in [0.5, 0.6) is 0 Å². The highest BCUT2D eigenvalue weighted by Gasteiger charge is 2.17. The Morgan fingerprint density at radius 2 is 2.29 bits per heavy atom. The zero-order valence-electron chi connectivity index (χ0n) is 7.69. The molecule has 0 atom stereocenters. The molecule has 5 nitrogen and oxygen atoms in total. The summed E-state index contributed by atoms with van der Waals surface area (Å²) in [5, 5.41) is 2.65. The van der Waals surface area contributed by atoms with Gasteiger partial charge in [0.1, 0.15) is 5.69 Å². The maximum Gasteiger partial charge on any atom is 0.284 e. The van der Waals surface area contributed by atoms with Gasteiger partial charge < -0.3 is 4.90 Å². The normalized spacial score (nSPS) is 15.9. The first-order valence-corrected chi connectivity index (χ1v) is 5.40. The number of carbonyl (C=O) groups excluding carboxylic acids is 1. The molecule has 1 aliphatic heterocycles. The number of nitrogen functional groups attached to an aromatic ring is 1. The molecule has 14 heavy (non-hydrogen) atoms. The van der Waals surface area contributed by atoms with E-state index in [-0.39, 0.29) is 5.91 Å². The highest BCUT2D eigenvalue weighted by Crippen LogP contribution is 2.23. The van der Waals surface area contributed by atoms with E-state index >= 15 is 0 Å². The summed E-state index contributed by atoms with van der Waals surface area (Å²) in [7, 11) is 0. The second-order valence-corrected chi connectivity index (χ2v) is 4.02. The van der Waals surface area contributed by atoms with E-state index in [1.807, 2.05) is 0 Å². The summed E-state index contributed by atoms with van der Waals surface area (Å²) in [6.45, 7) is 2.08. The van der Waals surface area contributed by atoms with E-state index in [0.29, 0.717) is 5.69 Å². The van der Waals surface area contributed by atoms with Gasteiger partial charge in [-0.05, 0) is 12.8 Å². The molecular weight excluding hydrogens is 200 g/mol. The Labute approximate surface area is 85.9 Å². The molecule has 2 heterocycles. The predicted molar refractivity (Wildman–Crippen MR) is 55.2 cm³/mol. The summed E-state index contributed by atoms with van der Waals surface area (Å²) < 4.78 is 0. The van der Waals surface area contributed by atoms with Crippen molar-refractivity contribution in [1.82, 2.24) is 10.4 Å². The largest absolute Gasteiger partial charge is 0.348 e. The minimum atomic E-state index is -0.327. The van der Waals surface area contributed by atoms with Crippen LogP contribution in [0.4, 0.5) is 5.13 Å². The minimum Gasteiger partial charge on any atom is -0.348 e. The standard InChI is InChI=1S/C8H12N4OS/c9-11-7(13)6-5-14-8(10-6)12-3-1-2-4-12/h5H,1-4,9H2,(H,11,13). The molecule has 1 aromatic heterocycles. The van der Waals surface area contributed by atoms with Gasteiger partial charge in [-0.2, -0.15) is 0 Å². The third-order valence-corrected chi connectivity index (χ3v) is 3.13. The number of amides is 1. The summed E-state index contributed by atoms with van der Waals surface area (Å²) in [4.78, 5) is 17.5. The predicted octanol–water partition coefficient (Wildman–Crippen LogP) is 0.347. The molecule has 0 aromatic carbocycles. The first kappa shape index (κ1) is 9.42. The number of rotatable bonds is 2. The molecule has 0 bridgehead atoms. The van der Waals surface area contributed by atoms with E-state index in [0.717, 1.165) is 18.2 Å². The fourth-order valence-corrected chi connectivity index (χ4v) is 2.36. The van der Waals surface area contributed by atoms with Crippen LogP contribution in [0.3, 0.4) is 0 Å². The average molecular weight is 212 g/mol. The minimum absolute atomic E-state index is 0.327. The number of nitrogens with one attached hydrogen (secondary N) is 1. The van der Waals surface area contributed by atoms with Crippen molar-refractivity contribution in [2.45, 2.75) is 12.8 Å². The van der Waals surface area contributed by atoms with Crippen LogP contribution in [-0.2, 0) is 0 Å². The van der Waals surface area contributed by atoms with Crippen LogP contribution in [0.15, 0.2) is 5.38 Å². The lowest BCUT2D eigenvalue weighted by atomic mass is 10.4. The third kappa shape index (κ3) is 1.71. The van der Waals surface area contributed by atoms with Crippen LogP contribution in [0.2, 0.25) is 0 Å². The van der Waals surface area contributed by atoms with Gasteiger partial charge in [0.15, 0.2) is 5.13 Å². The smallest absolute Gasteiger partial charge is 0.284 e. The number of aromatic nitrogens is 1. The molecule has 0 saturated carbocycles. The van der Waals surface area contributed by atoms with E-state index in [2.05, 4.69) is 15.3 Å². The quantitative estimate of drug-likeness (QED) is 0.421. The molecule has 0 spiro atoms. The number of carbonyl (C=O) groups is 1. The summed E-state index contributed by atoms with van der Waals surface area (Å²) in [6, 6.07) is 0. The van der Waals surface area contributed by atoms with E-state index in [4.69, 9.17) is 5.84 Å². The number of hydrogen-bond donors (Lipinski definition) is 2. The number of hydrogen-bond acceptors (Lipinski definition) is 5. The maximum atomic E-state index is 11.1. The topological polar surface area (TPSA) is 71.2 Å². The Bertz CT molecular complexity index is 332. The Hall–Kier alpha value is -1.14. The highest BCUT2D eigenvalue weighted by atomic mass is 32.1. The fraction of sp³-hybridized carbons (Fsp3) is 0.500. The molecule has 76 valence electrons.